The molecule has 0 bridgehead atoms. The maximum atomic E-state index is 15.9. The zero-order valence-corrected chi connectivity index (χ0v) is 24.4. The van der Waals surface area contributed by atoms with E-state index in [1.54, 1.807) is 0 Å². The highest BCUT2D eigenvalue weighted by molar-refractivity contribution is 8.44. The van der Waals surface area contributed by atoms with Crippen molar-refractivity contribution in [3.63, 3.8) is 0 Å². The molecule has 4 N–H and O–H groups in total. The Hall–Kier alpha value is -3.15. The van der Waals surface area contributed by atoms with Crippen molar-refractivity contribution in [2.24, 2.45) is 0 Å². The summed E-state index contributed by atoms with van der Waals surface area (Å²) in [7, 11) is -4.75. The Labute approximate surface area is 249 Å². The highest BCUT2D eigenvalue weighted by Crippen LogP contribution is 2.57. The zero-order chi connectivity index (χ0) is 31.0. The maximum Gasteiger partial charge on any atom is 0.386 e. The van der Waals surface area contributed by atoms with Crippen molar-refractivity contribution in [1.29, 1.82) is 0 Å². The van der Waals surface area contributed by atoms with Crippen LogP contribution < -0.4 is 16.0 Å². The van der Waals surface area contributed by atoms with Gasteiger partial charge in [-0.2, -0.15) is 13.1 Å². The van der Waals surface area contributed by atoms with E-state index in [4.69, 9.17) is 28.4 Å². The average molecular weight is 679 g/mol. The van der Waals surface area contributed by atoms with Crippen LogP contribution in [-0.4, -0.2) is 97.4 Å². The highest BCUT2D eigenvalue weighted by Gasteiger charge is 2.53. The van der Waals surface area contributed by atoms with E-state index in [0.717, 1.165) is 23.5 Å². The van der Waals surface area contributed by atoms with Crippen molar-refractivity contribution in [3.8, 4) is 0 Å². The Morgan fingerprint density at radius 2 is 1.66 bits per heavy atom. The third-order valence-electron chi connectivity index (χ3n) is 7.22. The van der Waals surface area contributed by atoms with Crippen molar-refractivity contribution in [3.05, 3.63) is 35.7 Å². The lowest BCUT2D eigenvalue weighted by atomic mass is 10.1. The molecular weight excluding hydrogens is 657 g/mol. The predicted octanol–water partition coefficient (Wildman–Crippen LogP) is -0.314. The van der Waals surface area contributed by atoms with Crippen molar-refractivity contribution < 1.29 is 44.5 Å². The van der Waals surface area contributed by atoms with Crippen LogP contribution in [0.1, 0.15) is 12.5 Å². The van der Waals surface area contributed by atoms with Gasteiger partial charge < -0.3 is 20.2 Å². The van der Waals surface area contributed by atoms with Crippen molar-refractivity contribution >= 4 is 57.5 Å². The lowest BCUT2D eigenvalue weighted by Crippen LogP contribution is -2.48. The third-order valence-corrected chi connectivity index (χ3v) is 9.84. The molecule has 19 nitrogen and oxygen atoms in total. The highest BCUT2D eigenvalue weighted by atomic mass is 32.7. The molecule has 0 saturated carbocycles. The summed E-state index contributed by atoms with van der Waals surface area (Å²) < 4.78 is 103. The molecule has 7 heterocycles. The molecule has 3 saturated heterocycles. The molecule has 44 heavy (non-hydrogen) atoms. The van der Waals surface area contributed by atoms with Crippen LogP contribution in [0.3, 0.4) is 0 Å². The molecule has 9 atom stereocenters. The number of aromatic nitrogens is 8. The van der Waals surface area contributed by atoms with Crippen molar-refractivity contribution in [2.75, 3.05) is 18.9 Å². The van der Waals surface area contributed by atoms with Gasteiger partial charge in [-0.1, -0.05) is 12.2 Å². The zero-order valence-electron chi connectivity index (χ0n) is 21.8. The van der Waals surface area contributed by atoms with Gasteiger partial charge >= 0.3 is 17.1 Å². The maximum absolute atomic E-state index is 15.9. The van der Waals surface area contributed by atoms with Gasteiger partial charge in [0.15, 0.2) is 47.4 Å². The lowest BCUT2D eigenvalue weighted by molar-refractivity contribution is -0.0443. The van der Waals surface area contributed by atoms with Crippen LogP contribution in [0.4, 0.5) is 14.6 Å². The predicted molar refractivity (Wildman–Crippen MR) is 145 cm³/mol. The Balaban J connectivity index is 1.17. The van der Waals surface area contributed by atoms with Crippen LogP contribution in [-0.2, 0) is 37.6 Å². The SMILES string of the molecule is Nc1ncnc2c1ncn2[C@@H]1O[C@@H]2CO[P@](=O)(S)O[C@H]3[C@@H](F)[C@H](n4cnc5c(=O)[nH]cnc54)O[C@@H]3COS(=O)(=O)N[C@H]2[C@H]1F. The van der Waals surface area contributed by atoms with E-state index in [0.29, 0.717) is 0 Å². The Morgan fingerprint density at radius 3 is 2.43 bits per heavy atom. The summed E-state index contributed by atoms with van der Waals surface area (Å²) in [5.41, 5.74) is 5.29. The number of nitrogens with zero attached hydrogens (tertiary/aromatic N) is 7. The van der Waals surface area contributed by atoms with E-state index in [1.165, 1.54) is 10.9 Å². The van der Waals surface area contributed by atoms with E-state index in [1.807, 2.05) is 0 Å². The van der Waals surface area contributed by atoms with Crippen LogP contribution in [0.5, 0.6) is 0 Å². The quantitative estimate of drug-likeness (QED) is 0.157. The minimum atomic E-state index is -4.75. The number of aromatic amines is 1. The number of anilines is 1. The van der Waals surface area contributed by atoms with Gasteiger partial charge in [0.25, 0.3) is 5.56 Å². The Kier molecular flexibility index (Phi) is 7.21. The second-order valence-electron chi connectivity index (χ2n) is 9.87. The summed E-state index contributed by atoms with van der Waals surface area (Å²) in [6, 6.07) is -1.64. The topological polar surface area (TPSA) is 243 Å². The lowest BCUT2D eigenvalue weighted by Gasteiger charge is -2.26. The number of rotatable bonds is 2. The van der Waals surface area contributed by atoms with E-state index >= 15 is 8.78 Å². The second-order valence-corrected chi connectivity index (χ2v) is 14.1. The smallest absolute Gasteiger partial charge is 0.382 e. The minimum Gasteiger partial charge on any atom is -0.382 e. The average Bonchev–Trinajstić information content (AvgIpc) is 3.73. The van der Waals surface area contributed by atoms with Crippen LogP contribution in [0.15, 0.2) is 30.1 Å². The normalized spacial score (nSPS) is 36.1. The number of nitrogen functional groups attached to an aromatic ring is 1. The molecule has 3 aliphatic heterocycles. The number of fused-ring (bicyclic) bond motifs is 4. The first kappa shape index (κ1) is 29.6. The summed E-state index contributed by atoms with van der Waals surface area (Å²) in [6.07, 6.45) is -7.48. The molecule has 3 fully saturated rings. The summed E-state index contributed by atoms with van der Waals surface area (Å²) in [4.78, 5) is 34.2. The van der Waals surface area contributed by atoms with E-state index in [9.17, 15) is 17.8 Å². The second kappa shape index (κ2) is 10.7. The number of imidazole rings is 2. The number of alkyl halides is 2. The third kappa shape index (κ3) is 5.06. The molecule has 24 heteroatoms. The van der Waals surface area contributed by atoms with Gasteiger partial charge in [0.05, 0.1) is 38.2 Å². The molecular formula is C20H21F2N10O9PS2. The van der Waals surface area contributed by atoms with Gasteiger partial charge in [0.1, 0.15) is 30.2 Å². The summed E-state index contributed by atoms with van der Waals surface area (Å²) in [5, 5.41) is 0. The fraction of sp³-hybridized carbons (Fsp3) is 0.500. The number of ether oxygens (including phenoxy) is 2. The van der Waals surface area contributed by atoms with Gasteiger partial charge in [-0.05, 0) is 0 Å². The van der Waals surface area contributed by atoms with Gasteiger partial charge in [-0.3, -0.25) is 27.2 Å². The molecule has 7 rings (SSSR count). The number of nitrogens with two attached hydrogens (primary N) is 1. The number of hydrogen-bond acceptors (Lipinski definition) is 15. The number of hydrogen-bond donors (Lipinski definition) is 4. The Morgan fingerprint density at radius 1 is 0.977 bits per heavy atom. The number of nitrogens with one attached hydrogen (secondary N) is 2. The molecule has 4 aromatic rings. The summed E-state index contributed by atoms with van der Waals surface area (Å²) in [6.45, 7) is -6.03. The molecule has 0 aliphatic carbocycles. The standard InChI is InChI=1S/C20H21F2N10O9PS2/c21-9-11-7(39-19(9)31-5-28-12-15(23)24-3-25-16(12)31)1-37-42(34,43)41-14-8(2-38-44(35,36)30-11)40-20(10(14)22)32-6-29-13-17(32)26-4-27-18(13)33/h3-11,14,19-20,30H,1-2H2,(H,34,43)(H2,23,24,25)(H,26,27,33)/t7-,8-,9-,10-,11-,14-,19-,20-,42+/m1/s1. The van der Waals surface area contributed by atoms with Crippen LogP contribution in [0.25, 0.3) is 22.3 Å². The van der Waals surface area contributed by atoms with Gasteiger partial charge in [0, 0.05) is 0 Å². The fourth-order valence-electron chi connectivity index (χ4n) is 5.22. The first-order valence-corrected chi connectivity index (χ1v) is 16.8. The molecule has 0 spiro atoms. The molecule has 0 amide bonds. The van der Waals surface area contributed by atoms with E-state index < -0.39 is 85.0 Å². The van der Waals surface area contributed by atoms with E-state index in [2.05, 4.69) is 46.9 Å². The number of H-pyrrole nitrogens is 1. The Bertz CT molecular complexity index is 1960. The van der Waals surface area contributed by atoms with Crippen molar-refractivity contribution in [1.82, 2.24) is 43.8 Å². The van der Waals surface area contributed by atoms with Gasteiger partial charge in [-0.15, -0.1) is 0 Å². The van der Waals surface area contributed by atoms with Crippen LogP contribution >= 0.6 is 19.0 Å². The number of halogens is 2. The van der Waals surface area contributed by atoms with E-state index in [-0.39, 0.29) is 28.1 Å². The van der Waals surface area contributed by atoms with Crippen LogP contribution in [0.2, 0.25) is 0 Å². The summed E-state index contributed by atoms with van der Waals surface area (Å²) >= 11 is 3.94. The fourth-order valence-corrected chi connectivity index (χ4v) is 7.70. The van der Waals surface area contributed by atoms with Crippen molar-refractivity contribution in [2.45, 2.75) is 49.2 Å². The summed E-state index contributed by atoms with van der Waals surface area (Å²) in [5.74, 6) is 0.0200. The van der Waals surface area contributed by atoms with Gasteiger partial charge in [-0.25, -0.2) is 38.3 Å². The largest absolute Gasteiger partial charge is 0.386 e. The first-order chi connectivity index (χ1) is 20.9. The molecule has 0 radical (unpaired) electrons. The molecule has 0 unspecified atom stereocenters. The molecule has 236 valence electrons. The number of thiol groups is 1. The van der Waals surface area contributed by atoms with Crippen LogP contribution in [0, 0.1) is 0 Å². The first-order valence-electron chi connectivity index (χ1n) is 12.7. The minimum absolute atomic E-state index is 0.0200. The molecule has 0 aromatic carbocycles. The molecule has 4 aromatic heterocycles. The van der Waals surface area contributed by atoms with Gasteiger partial charge in [0.2, 0.25) is 0 Å². The monoisotopic (exact) mass is 678 g/mol. The molecule has 3 aliphatic rings.